The van der Waals surface area contributed by atoms with E-state index in [2.05, 4.69) is 5.32 Å². The zero-order valence-corrected chi connectivity index (χ0v) is 8.20. The maximum absolute atomic E-state index is 11.2. The number of hydrogen-bond acceptors (Lipinski definition) is 3. The Hall–Kier alpha value is -1.10. The molecule has 0 bridgehead atoms. The molecule has 0 fully saturated rings. The third-order valence-corrected chi connectivity index (χ3v) is 1.60. The molecule has 0 rings (SSSR count). The summed E-state index contributed by atoms with van der Waals surface area (Å²) in [7, 11) is 3.33. The first-order valence-corrected chi connectivity index (χ1v) is 4.11. The lowest BCUT2D eigenvalue weighted by Gasteiger charge is -2.17. The van der Waals surface area contributed by atoms with Gasteiger partial charge >= 0.3 is 5.97 Å². The second-order valence-corrected chi connectivity index (χ2v) is 3.05. The maximum Gasteiger partial charge on any atom is 0.304 e. The average molecular weight is 188 g/mol. The van der Waals surface area contributed by atoms with Crippen LogP contribution in [0.5, 0.6) is 0 Å². The molecule has 1 unspecified atom stereocenters. The molecule has 1 atom stereocenters. The van der Waals surface area contributed by atoms with Crippen LogP contribution in [0.4, 0.5) is 0 Å². The summed E-state index contributed by atoms with van der Waals surface area (Å²) in [6.45, 7) is 2.03. The minimum Gasteiger partial charge on any atom is -0.481 e. The topological polar surface area (TPSA) is 69.6 Å². The summed E-state index contributed by atoms with van der Waals surface area (Å²) in [4.78, 5) is 22.9. The van der Waals surface area contributed by atoms with E-state index in [1.807, 2.05) is 0 Å². The number of likely N-dealkylation sites (N-methyl/N-ethyl adjacent to an activating group) is 1. The summed E-state index contributed by atoms with van der Waals surface area (Å²) >= 11 is 0. The fraction of sp³-hybridized carbons (Fsp3) is 0.750. The summed E-state index contributed by atoms with van der Waals surface area (Å²) in [5.74, 6) is -0.914. The summed E-state index contributed by atoms with van der Waals surface area (Å²) in [6, 6.07) is -0.325. The number of hydrogen-bond donors (Lipinski definition) is 2. The van der Waals surface area contributed by atoms with Gasteiger partial charge in [-0.2, -0.15) is 0 Å². The van der Waals surface area contributed by atoms with Crippen molar-refractivity contribution >= 4 is 11.9 Å². The lowest BCUT2D eigenvalue weighted by Crippen LogP contribution is -2.42. The minimum absolute atomic E-state index is 0.0328. The Bertz CT molecular complexity index is 192. The average Bonchev–Trinajstić information content (AvgIpc) is 2.02. The first kappa shape index (κ1) is 11.9. The van der Waals surface area contributed by atoms with Crippen molar-refractivity contribution < 1.29 is 14.7 Å². The molecule has 0 heterocycles. The van der Waals surface area contributed by atoms with Gasteiger partial charge in [0.15, 0.2) is 0 Å². The van der Waals surface area contributed by atoms with Crippen LogP contribution in [0.25, 0.3) is 0 Å². The van der Waals surface area contributed by atoms with E-state index in [1.54, 1.807) is 21.0 Å². The molecule has 5 nitrogen and oxygen atoms in total. The summed E-state index contributed by atoms with van der Waals surface area (Å²) < 4.78 is 0. The molecule has 0 aliphatic heterocycles. The van der Waals surface area contributed by atoms with E-state index in [4.69, 9.17) is 5.11 Å². The molecule has 0 aromatic carbocycles. The van der Waals surface area contributed by atoms with Gasteiger partial charge < -0.3 is 15.3 Å². The maximum atomic E-state index is 11.2. The molecule has 13 heavy (non-hydrogen) atoms. The summed E-state index contributed by atoms with van der Waals surface area (Å²) in [5, 5.41) is 11.2. The molecule has 0 saturated heterocycles. The number of carbonyl (C=O) groups is 2. The van der Waals surface area contributed by atoms with Gasteiger partial charge in [-0.15, -0.1) is 0 Å². The number of carboxylic acids is 1. The van der Waals surface area contributed by atoms with Crippen LogP contribution < -0.4 is 5.32 Å². The van der Waals surface area contributed by atoms with E-state index in [0.717, 1.165) is 0 Å². The molecule has 0 saturated carbocycles. The van der Waals surface area contributed by atoms with Gasteiger partial charge in [-0.05, 0) is 6.92 Å². The standard InChI is InChI=1S/C8H16N2O3/c1-6(8(13)10(2)3)9-5-4-7(11)12/h6,9H,4-5H2,1-3H3,(H,11,12). The predicted molar refractivity (Wildman–Crippen MR) is 48.4 cm³/mol. The number of rotatable bonds is 5. The molecule has 0 aliphatic rings. The zero-order chi connectivity index (χ0) is 10.4. The number of amides is 1. The van der Waals surface area contributed by atoms with Crippen molar-refractivity contribution in [2.75, 3.05) is 20.6 Å². The van der Waals surface area contributed by atoms with E-state index in [9.17, 15) is 9.59 Å². The van der Waals surface area contributed by atoms with Crippen molar-refractivity contribution in [2.45, 2.75) is 19.4 Å². The van der Waals surface area contributed by atoms with E-state index in [-0.39, 0.29) is 18.4 Å². The highest BCUT2D eigenvalue weighted by Gasteiger charge is 2.13. The fourth-order valence-corrected chi connectivity index (χ4v) is 0.870. The quantitative estimate of drug-likeness (QED) is 0.612. The Morgan fingerprint density at radius 1 is 1.46 bits per heavy atom. The van der Waals surface area contributed by atoms with E-state index < -0.39 is 5.97 Å². The Labute approximate surface area is 77.7 Å². The minimum atomic E-state index is -0.864. The van der Waals surface area contributed by atoms with Crippen LogP contribution in [0, 0.1) is 0 Å². The van der Waals surface area contributed by atoms with Gasteiger partial charge in [-0.25, -0.2) is 0 Å². The van der Waals surface area contributed by atoms with E-state index >= 15 is 0 Å². The lowest BCUT2D eigenvalue weighted by atomic mass is 10.3. The van der Waals surface area contributed by atoms with Gasteiger partial charge in [-0.3, -0.25) is 9.59 Å². The van der Waals surface area contributed by atoms with Gasteiger partial charge in [0.2, 0.25) is 5.91 Å². The Kier molecular flexibility index (Phi) is 5.06. The molecule has 76 valence electrons. The molecule has 0 aromatic rings. The van der Waals surface area contributed by atoms with Gasteiger partial charge in [0, 0.05) is 20.6 Å². The number of nitrogens with zero attached hydrogens (tertiary/aromatic N) is 1. The Morgan fingerprint density at radius 3 is 2.38 bits per heavy atom. The van der Waals surface area contributed by atoms with Crippen LogP contribution in [0.1, 0.15) is 13.3 Å². The van der Waals surface area contributed by atoms with Crippen LogP contribution in [0.2, 0.25) is 0 Å². The summed E-state index contributed by atoms with van der Waals surface area (Å²) in [6.07, 6.45) is 0.0328. The van der Waals surface area contributed by atoms with Crippen molar-refractivity contribution in [2.24, 2.45) is 0 Å². The first-order chi connectivity index (χ1) is 5.95. The smallest absolute Gasteiger partial charge is 0.304 e. The molecule has 0 aromatic heterocycles. The monoisotopic (exact) mass is 188 g/mol. The largest absolute Gasteiger partial charge is 0.481 e. The van der Waals surface area contributed by atoms with Crippen LogP contribution in [-0.2, 0) is 9.59 Å². The number of nitrogens with one attached hydrogen (secondary N) is 1. The Morgan fingerprint density at radius 2 is 2.00 bits per heavy atom. The van der Waals surface area contributed by atoms with Crippen LogP contribution in [-0.4, -0.2) is 48.6 Å². The molecule has 2 N–H and O–H groups in total. The fourth-order valence-electron chi connectivity index (χ4n) is 0.870. The van der Waals surface area contributed by atoms with Crippen molar-refractivity contribution in [3.8, 4) is 0 Å². The molecule has 0 aliphatic carbocycles. The molecular weight excluding hydrogens is 172 g/mol. The lowest BCUT2D eigenvalue weighted by molar-refractivity contribution is -0.137. The van der Waals surface area contributed by atoms with E-state index in [0.29, 0.717) is 6.54 Å². The molecule has 0 radical (unpaired) electrons. The second-order valence-electron chi connectivity index (χ2n) is 3.05. The normalized spacial score (nSPS) is 12.2. The molecular formula is C8H16N2O3. The van der Waals surface area contributed by atoms with E-state index in [1.165, 1.54) is 4.90 Å². The zero-order valence-electron chi connectivity index (χ0n) is 8.20. The van der Waals surface area contributed by atoms with Crippen molar-refractivity contribution in [3.63, 3.8) is 0 Å². The predicted octanol–water partition coefficient (Wildman–Crippen LogP) is -0.473. The van der Waals surface area contributed by atoms with Crippen molar-refractivity contribution in [1.29, 1.82) is 0 Å². The third kappa shape index (κ3) is 5.19. The number of carboxylic acid groups (broad SMARTS) is 1. The van der Waals surface area contributed by atoms with Gasteiger partial charge in [-0.1, -0.05) is 0 Å². The van der Waals surface area contributed by atoms with Crippen molar-refractivity contribution in [1.82, 2.24) is 10.2 Å². The molecule has 1 amide bonds. The third-order valence-electron chi connectivity index (χ3n) is 1.60. The first-order valence-electron chi connectivity index (χ1n) is 4.11. The summed E-state index contributed by atoms with van der Waals surface area (Å²) in [5.41, 5.74) is 0. The molecule has 5 heteroatoms. The van der Waals surface area contributed by atoms with Gasteiger partial charge in [0.05, 0.1) is 12.5 Å². The SMILES string of the molecule is CC(NCCC(=O)O)C(=O)N(C)C. The van der Waals surface area contributed by atoms with Crippen molar-refractivity contribution in [3.05, 3.63) is 0 Å². The van der Waals surface area contributed by atoms with Gasteiger partial charge in [0.25, 0.3) is 0 Å². The highest BCUT2D eigenvalue weighted by Crippen LogP contribution is 1.88. The van der Waals surface area contributed by atoms with Crippen LogP contribution in [0.3, 0.4) is 0 Å². The van der Waals surface area contributed by atoms with Crippen LogP contribution in [0.15, 0.2) is 0 Å². The highest BCUT2D eigenvalue weighted by atomic mass is 16.4. The van der Waals surface area contributed by atoms with Crippen LogP contribution >= 0.6 is 0 Å². The Balaban J connectivity index is 3.68. The second kappa shape index (κ2) is 5.53. The molecule has 0 spiro atoms. The highest BCUT2D eigenvalue weighted by molar-refractivity contribution is 5.80. The number of carbonyl (C=O) groups excluding carboxylic acids is 1. The van der Waals surface area contributed by atoms with Gasteiger partial charge in [0.1, 0.15) is 0 Å². The number of aliphatic carboxylic acids is 1.